The first-order valence-corrected chi connectivity index (χ1v) is 13.3. The number of rotatable bonds is 9. The molecule has 12 heteroatoms. The van der Waals surface area contributed by atoms with Crippen LogP contribution in [0.4, 0.5) is 13.2 Å². The average molecular weight is 550 g/mol. The maximum absolute atomic E-state index is 12.3. The number of pyridine rings is 1. The fraction of sp³-hybridized carbons (Fsp3) is 0.308. The molecule has 0 spiro atoms. The van der Waals surface area contributed by atoms with Crippen molar-refractivity contribution >= 4 is 15.9 Å². The van der Waals surface area contributed by atoms with Gasteiger partial charge in [0.2, 0.25) is 5.91 Å². The Labute approximate surface area is 217 Å². The number of aliphatic hydroxyl groups excluding tert-OH is 1. The predicted octanol–water partition coefficient (Wildman–Crippen LogP) is 3.52. The summed E-state index contributed by atoms with van der Waals surface area (Å²) in [6.07, 6.45) is -2.62. The molecule has 0 bridgehead atoms. The quantitative estimate of drug-likeness (QED) is 0.374. The molecule has 3 aromatic rings. The number of alkyl halides is 3. The number of ether oxygens (including phenoxy) is 1. The number of nitrogens with zero attached hydrogens (tertiary/aromatic N) is 1. The molecule has 2 heterocycles. The third-order valence-corrected chi connectivity index (χ3v) is 7.36. The number of amides is 1. The number of carbonyl (C=O) groups is 1. The molecule has 0 unspecified atom stereocenters. The number of benzene rings is 2. The van der Waals surface area contributed by atoms with Crippen LogP contribution in [0.2, 0.25) is 0 Å². The van der Waals surface area contributed by atoms with Gasteiger partial charge in [-0.3, -0.25) is 9.78 Å². The number of carbonyl (C=O) groups excluding carboxylic acids is 1. The zero-order valence-electron chi connectivity index (χ0n) is 20.1. The van der Waals surface area contributed by atoms with Crippen LogP contribution in [0.5, 0.6) is 5.75 Å². The van der Waals surface area contributed by atoms with E-state index in [0.29, 0.717) is 18.7 Å². The van der Waals surface area contributed by atoms with E-state index >= 15 is 0 Å². The summed E-state index contributed by atoms with van der Waals surface area (Å²) in [5.41, 5.74) is 3.24. The first-order chi connectivity index (χ1) is 18.0. The normalized spacial score (nSPS) is 16.3. The number of halogens is 3. The van der Waals surface area contributed by atoms with Crippen LogP contribution >= 0.6 is 0 Å². The number of aryl methyl sites for hydroxylation is 1. The molecule has 2 atom stereocenters. The van der Waals surface area contributed by atoms with Crippen molar-refractivity contribution < 1.29 is 36.2 Å². The molecule has 0 fully saturated rings. The second kappa shape index (κ2) is 11.5. The monoisotopic (exact) mass is 549 g/mol. The number of hydrogen-bond donors (Lipinski definition) is 3. The van der Waals surface area contributed by atoms with Crippen molar-refractivity contribution in [1.29, 1.82) is 0 Å². The van der Waals surface area contributed by atoms with E-state index in [9.17, 15) is 31.5 Å². The molecule has 0 aliphatic carbocycles. The molecule has 8 nitrogen and oxygen atoms in total. The van der Waals surface area contributed by atoms with E-state index < -0.39 is 34.6 Å². The SMILES string of the molecule is O=C(CC(F)(F)F)NS(=O)(=O)c1ccc(-c2ccc3c(c2)CC[C@H](CNC[C@@H](O)c2cccnc2)O3)cc1. The van der Waals surface area contributed by atoms with E-state index in [-0.39, 0.29) is 11.0 Å². The van der Waals surface area contributed by atoms with E-state index in [0.717, 1.165) is 35.3 Å². The highest BCUT2D eigenvalue weighted by Crippen LogP contribution is 2.32. The number of aromatic nitrogens is 1. The predicted molar refractivity (Wildman–Crippen MR) is 133 cm³/mol. The molecule has 202 valence electrons. The van der Waals surface area contributed by atoms with Crippen LogP contribution in [0.15, 0.2) is 71.9 Å². The molecule has 0 saturated heterocycles. The summed E-state index contributed by atoms with van der Waals surface area (Å²) in [6, 6.07) is 14.7. The summed E-state index contributed by atoms with van der Waals surface area (Å²) in [6.45, 7) is 0.934. The zero-order chi connectivity index (χ0) is 27.3. The maximum atomic E-state index is 12.3. The lowest BCUT2D eigenvalue weighted by atomic mass is 9.97. The fourth-order valence-corrected chi connectivity index (χ4v) is 5.08. The molecule has 1 aliphatic heterocycles. The number of hydrogen-bond acceptors (Lipinski definition) is 7. The van der Waals surface area contributed by atoms with Crippen LogP contribution in [0.25, 0.3) is 11.1 Å². The smallest absolute Gasteiger partial charge is 0.397 e. The number of aliphatic hydroxyl groups is 1. The molecule has 1 aromatic heterocycles. The van der Waals surface area contributed by atoms with Crippen molar-refractivity contribution in [1.82, 2.24) is 15.0 Å². The molecule has 0 radical (unpaired) electrons. The number of fused-ring (bicyclic) bond motifs is 1. The Morgan fingerprint density at radius 1 is 1.13 bits per heavy atom. The molecular weight excluding hydrogens is 523 g/mol. The van der Waals surface area contributed by atoms with E-state index in [2.05, 4.69) is 10.3 Å². The highest BCUT2D eigenvalue weighted by atomic mass is 32.2. The first kappa shape index (κ1) is 27.6. The maximum Gasteiger partial charge on any atom is 0.397 e. The average Bonchev–Trinajstić information content (AvgIpc) is 2.87. The highest BCUT2D eigenvalue weighted by Gasteiger charge is 2.33. The number of sulfonamides is 1. The van der Waals surface area contributed by atoms with E-state index in [1.165, 1.54) is 29.0 Å². The Hall–Kier alpha value is -3.48. The third-order valence-electron chi connectivity index (χ3n) is 5.98. The van der Waals surface area contributed by atoms with Gasteiger partial charge in [-0.2, -0.15) is 13.2 Å². The van der Waals surface area contributed by atoms with Gasteiger partial charge in [0.05, 0.1) is 11.0 Å². The van der Waals surface area contributed by atoms with Crippen molar-refractivity contribution in [3.63, 3.8) is 0 Å². The first-order valence-electron chi connectivity index (χ1n) is 11.8. The Bertz CT molecular complexity index is 1370. The molecule has 0 saturated carbocycles. The van der Waals surface area contributed by atoms with Crippen LogP contribution in [0, 0.1) is 0 Å². The lowest BCUT2D eigenvalue weighted by molar-refractivity contribution is -0.152. The van der Waals surface area contributed by atoms with Crippen molar-refractivity contribution in [2.75, 3.05) is 13.1 Å². The zero-order valence-corrected chi connectivity index (χ0v) is 20.9. The summed E-state index contributed by atoms with van der Waals surface area (Å²) >= 11 is 0. The summed E-state index contributed by atoms with van der Waals surface area (Å²) in [5, 5.41) is 13.5. The standard InChI is InChI=1S/C26H26F3N3O5S/c27-26(28,29)13-25(34)32-38(35,36)22-8-4-17(5-9-22)18-6-10-24-19(12-18)3-7-21(37-24)15-31-16-23(33)20-2-1-11-30-14-20/h1-2,4-6,8-12,14,21,23,31,33H,3,7,13,15-16H2,(H,32,34)/t21-,23-/m1/s1. The van der Waals surface area contributed by atoms with Crippen molar-refractivity contribution in [2.45, 2.75) is 42.5 Å². The lowest BCUT2D eigenvalue weighted by Gasteiger charge is -2.27. The summed E-state index contributed by atoms with van der Waals surface area (Å²) in [4.78, 5) is 15.1. The summed E-state index contributed by atoms with van der Waals surface area (Å²) in [7, 11) is -4.42. The van der Waals surface area contributed by atoms with E-state index in [4.69, 9.17) is 4.74 Å². The van der Waals surface area contributed by atoms with Gasteiger partial charge in [-0.1, -0.05) is 24.3 Å². The molecule has 4 rings (SSSR count). The number of nitrogens with one attached hydrogen (secondary N) is 2. The topological polar surface area (TPSA) is 118 Å². The van der Waals surface area contributed by atoms with Gasteiger partial charge in [-0.05, 0) is 59.9 Å². The lowest BCUT2D eigenvalue weighted by Crippen LogP contribution is -2.36. The minimum Gasteiger partial charge on any atom is -0.489 e. The van der Waals surface area contributed by atoms with Crippen molar-refractivity contribution in [2.24, 2.45) is 0 Å². The van der Waals surface area contributed by atoms with Gasteiger partial charge in [0.25, 0.3) is 10.0 Å². The van der Waals surface area contributed by atoms with Gasteiger partial charge < -0.3 is 15.2 Å². The van der Waals surface area contributed by atoms with Crippen LogP contribution in [0.3, 0.4) is 0 Å². The minimum atomic E-state index is -4.81. The van der Waals surface area contributed by atoms with Gasteiger partial charge in [0.1, 0.15) is 18.3 Å². The summed E-state index contributed by atoms with van der Waals surface area (Å²) in [5.74, 6) is -0.902. The second-order valence-electron chi connectivity index (χ2n) is 8.91. The molecule has 2 aromatic carbocycles. The molecule has 1 amide bonds. The van der Waals surface area contributed by atoms with Crippen LogP contribution in [-0.2, 0) is 21.2 Å². The van der Waals surface area contributed by atoms with Gasteiger partial charge in [0, 0.05) is 31.0 Å². The van der Waals surface area contributed by atoms with Gasteiger partial charge in [-0.15, -0.1) is 0 Å². The largest absolute Gasteiger partial charge is 0.489 e. The van der Waals surface area contributed by atoms with Gasteiger partial charge >= 0.3 is 6.18 Å². The Morgan fingerprint density at radius 3 is 2.55 bits per heavy atom. The van der Waals surface area contributed by atoms with Crippen LogP contribution in [0.1, 0.15) is 30.1 Å². The Kier molecular flexibility index (Phi) is 8.34. The van der Waals surface area contributed by atoms with E-state index in [1.54, 1.807) is 18.5 Å². The molecule has 3 N–H and O–H groups in total. The second-order valence-corrected chi connectivity index (χ2v) is 10.6. The van der Waals surface area contributed by atoms with Gasteiger partial charge in [0.15, 0.2) is 0 Å². The Morgan fingerprint density at radius 2 is 1.87 bits per heavy atom. The van der Waals surface area contributed by atoms with E-state index in [1.807, 2.05) is 24.3 Å². The molecule has 1 aliphatic rings. The van der Waals surface area contributed by atoms with Crippen molar-refractivity contribution in [3.05, 3.63) is 78.1 Å². The Balaban J connectivity index is 1.34. The van der Waals surface area contributed by atoms with Crippen molar-refractivity contribution in [3.8, 4) is 16.9 Å². The third kappa shape index (κ3) is 7.30. The molecular formula is C26H26F3N3O5S. The minimum absolute atomic E-state index is 0.0634. The van der Waals surface area contributed by atoms with Crippen LogP contribution in [-0.4, -0.2) is 49.8 Å². The highest BCUT2D eigenvalue weighted by molar-refractivity contribution is 7.90. The molecule has 38 heavy (non-hydrogen) atoms. The fourth-order valence-electron chi connectivity index (χ4n) is 4.09. The summed E-state index contributed by atoms with van der Waals surface area (Å²) < 4.78 is 69.0. The van der Waals surface area contributed by atoms with Crippen LogP contribution < -0.4 is 14.8 Å². The van der Waals surface area contributed by atoms with Gasteiger partial charge in [-0.25, -0.2) is 13.1 Å².